The van der Waals surface area contributed by atoms with Crippen molar-refractivity contribution in [1.29, 1.82) is 0 Å². The molecule has 1 N–H and O–H groups in total. The molecule has 1 atom stereocenters. The Bertz CT molecular complexity index is 472. The average molecular weight is 281 g/mol. The van der Waals surface area contributed by atoms with Crippen LogP contribution in [-0.4, -0.2) is 34.3 Å². The number of nitrogens with one attached hydrogen (secondary N) is 1. The standard InChI is InChI=1S/C13H19N3O2S/c1-3-5-11(17)16-7-4-6-10(16)12(18)15-13-14-9(2)8-19-13/h8,10H,3-7H2,1-2H3,(H,14,15,18). The van der Waals surface area contributed by atoms with Crippen LogP contribution in [0.3, 0.4) is 0 Å². The van der Waals surface area contributed by atoms with Crippen molar-refractivity contribution in [2.75, 3.05) is 11.9 Å². The number of hydrogen-bond acceptors (Lipinski definition) is 4. The minimum atomic E-state index is -0.330. The third-order valence-corrected chi connectivity index (χ3v) is 4.06. The molecule has 1 fully saturated rings. The monoisotopic (exact) mass is 281 g/mol. The Hall–Kier alpha value is -1.43. The van der Waals surface area contributed by atoms with Crippen LogP contribution >= 0.6 is 11.3 Å². The Labute approximate surface area is 117 Å². The lowest BCUT2D eigenvalue weighted by molar-refractivity contribution is -0.136. The van der Waals surface area contributed by atoms with Gasteiger partial charge in [-0.15, -0.1) is 11.3 Å². The largest absolute Gasteiger partial charge is 0.331 e. The molecule has 2 amide bonds. The highest BCUT2D eigenvalue weighted by Crippen LogP contribution is 2.21. The van der Waals surface area contributed by atoms with Gasteiger partial charge in [0.05, 0.1) is 5.69 Å². The molecule has 0 bridgehead atoms. The first kappa shape index (κ1) is 14.0. The lowest BCUT2D eigenvalue weighted by Crippen LogP contribution is -2.43. The molecule has 0 radical (unpaired) electrons. The highest BCUT2D eigenvalue weighted by Gasteiger charge is 2.33. The summed E-state index contributed by atoms with van der Waals surface area (Å²) < 4.78 is 0. The highest BCUT2D eigenvalue weighted by atomic mass is 32.1. The third-order valence-electron chi connectivity index (χ3n) is 3.19. The molecule has 1 aromatic heterocycles. The van der Waals surface area contributed by atoms with Crippen LogP contribution in [0.25, 0.3) is 0 Å². The summed E-state index contributed by atoms with van der Waals surface area (Å²) in [6, 6.07) is -0.330. The maximum atomic E-state index is 12.2. The Morgan fingerprint density at radius 1 is 1.58 bits per heavy atom. The minimum absolute atomic E-state index is 0.0791. The van der Waals surface area contributed by atoms with E-state index in [1.807, 2.05) is 19.2 Å². The van der Waals surface area contributed by atoms with E-state index in [4.69, 9.17) is 0 Å². The number of aromatic nitrogens is 1. The van der Waals surface area contributed by atoms with Crippen molar-refractivity contribution in [2.45, 2.75) is 45.6 Å². The van der Waals surface area contributed by atoms with Crippen molar-refractivity contribution in [1.82, 2.24) is 9.88 Å². The Morgan fingerprint density at radius 2 is 2.37 bits per heavy atom. The molecule has 1 unspecified atom stereocenters. The molecular weight excluding hydrogens is 262 g/mol. The summed E-state index contributed by atoms with van der Waals surface area (Å²) in [6.45, 7) is 4.55. The number of nitrogens with zero attached hydrogens (tertiary/aromatic N) is 2. The third kappa shape index (κ3) is 3.32. The number of rotatable bonds is 4. The molecule has 2 rings (SSSR count). The molecule has 2 heterocycles. The SMILES string of the molecule is CCCC(=O)N1CCCC1C(=O)Nc1nc(C)cs1. The first-order chi connectivity index (χ1) is 9.11. The van der Waals surface area contributed by atoms with Crippen molar-refractivity contribution in [2.24, 2.45) is 0 Å². The zero-order valence-electron chi connectivity index (χ0n) is 11.3. The maximum Gasteiger partial charge on any atom is 0.248 e. The molecule has 19 heavy (non-hydrogen) atoms. The van der Waals surface area contributed by atoms with Gasteiger partial charge in [0.1, 0.15) is 6.04 Å². The fraction of sp³-hybridized carbons (Fsp3) is 0.615. The van der Waals surface area contributed by atoms with Gasteiger partial charge in [-0.05, 0) is 26.2 Å². The van der Waals surface area contributed by atoms with E-state index in [1.165, 1.54) is 11.3 Å². The molecular formula is C13H19N3O2S. The molecule has 0 spiro atoms. The topological polar surface area (TPSA) is 62.3 Å². The summed E-state index contributed by atoms with van der Waals surface area (Å²) >= 11 is 1.41. The van der Waals surface area contributed by atoms with Crippen LogP contribution < -0.4 is 5.32 Å². The van der Waals surface area contributed by atoms with Crippen LogP contribution in [0, 0.1) is 6.92 Å². The van der Waals surface area contributed by atoms with Crippen LogP contribution in [0.2, 0.25) is 0 Å². The predicted octanol–water partition coefficient (Wildman–Crippen LogP) is 2.18. The van der Waals surface area contributed by atoms with Crippen molar-refractivity contribution in [3.63, 3.8) is 0 Å². The molecule has 0 aliphatic carbocycles. The first-order valence-corrected chi connectivity index (χ1v) is 7.52. The van der Waals surface area contributed by atoms with Crippen molar-refractivity contribution in [3.8, 4) is 0 Å². The summed E-state index contributed by atoms with van der Waals surface area (Å²) in [5, 5.41) is 5.31. The molecule has 5 nitrogen and oxygen atoms in total. The van der Waals surface area contributed by atoms with E-state index in [0.29, 0.717) is 18.1 Å². The number of aryl methyl sites for hydroxylation is 1. The molecule has 1 aliphatic heterocycles. The van der Waals surface area contributed by atoms with E-state index in [1.54, 1.807) is 4.90 Å². The van der Waals surface area contributed by atoms with Gasteiger partial charge in [0.25, 0.3) is 0 Å². The molecule has 6 heteroatoms. The first-order valence-electron chi connectivity index (χ1n) is 6.64. The van der Waals surface area contributed by atoms with Crippen molar-refractivity contribution >= 4 is 28.3 Å². The number of thiazole rings is 1. The lowest BCUT2D eigenvalue weighted by atomic mass is 10.2. The Kier molecular flexibility index (Phi) is 4.52. The van der Waals surface area contributed by atoms with Crippen LogP contribution in [-0.2, 0) is 9.59 Å². The number of carbonyl (C=O) groups excluding carboxylic acids is 2. The van der Waals surface area contributed by atoms with Gasteiger partial charge in [-0.3, -0.25) is 9.59 Å². The van der Waals surface area contributed by atoms with Crippen molar-refractivity contribution < 1.29 is 9.59 Å². The van der Waals surface area contributed by atoms with Crippen LogP contribution in [0.15, 0.2) is 5.38 Å². The minimum Gasteiger partial charge on any atom is -0.331 e. The average Bonchev–Trinajstić information content (AvgIpc) is 2.98. The van der Waals surface area contributed by atoms with Gasteiger partial charge in [-0.2, -0.15) is 0 Å². The van der Waals surface area contributed by atoms with Crippen LogP contribution in [0.1, 0.15) is 38.3 Å². The second kappa shape index (κ2) is 6.14. The molecule has 104 valence electrons. The van der Waals surface area contributed by atoms with Gasteiger partial charge in [0, 0.05) is 18.3 Å². The fourth-order valence-corrected chi connectivity index (χ4v) is 2.99. The van der Waals surface area contributed by atoms with E-state index in [0.717, 1.165) is 25.0 Å². The van der Waals surface area contributed by atoms with Gasteiger partial charge >= 0.3 is 0 Å². The van der Waals surface area contributed by atoms with E-state index in [9.17, 15) is 9.59 Å². The maximum absolute atomic E-state index is 12.2. The van der Waals surface area contributed by atoms with Gasteiger partial charge < -0.3 is 10.2 Å². The summed E-state index contributed by atoms with van der Waals surface area (Å²) in [4.78, 5) is 30.1. The summed E-state index contributed by atoms with van der Waals surface area (Å²) in [5.41, 5.74) is 0.894. The molecule has 1 aliphatic rings. The van der Waals surface area contributed by atoms with E-state index >= 15 is 0 Å². The second-order valence-corrected chi connectivity index (χ2v) is 5.64. The number of anilines is 1. The Balaban J connectivity index is 1.99. The summed E-state index contributed by atoms with van der Waals surface area (Å²) in [6.07, 6.45) is 2.96. The number of carbonyl (C=O) groups is 2. The van der Waals surface area contributed by atoms with Gasteiger partial charge in [-0.1, -0.05) is 6.92 Å². The Morgan fingerprint density at radius 3 is 3.00 bits per heavy atom. The van der Waals surface area contributed by atoms with Gasteiger partial charge in [-0.25, -0.2) is 4.98 Å². The quantitative estimate of drug-likeness (QED) is 0.920. The second-order valence-electron chi connectivity index (χ2n) is 4.78. The number of hydrogen-bond donors (Lipinski definition) is 1. The van der Waals surface area contributed by atoms with Crippen LogP contribution in [0.4, 0.5) is 5.13 Å². The fourth-order valence-electron chi connectivity index (χ4n) is 2.30. The molecule has 0 saturated carbocycles. The van der Waals surface area contributed by atoms with E-state index in [2.05, 4.69) is 10.3 Å². The normalized spacial score (nSPS) is 18.6. The summed E-state index contributed by atoms with van der Waals surface area (Å²) in [5.74, 6) is -0.0354. The number of amides is 2. The molecule has 1 aromatic rings. The predicted molar refractivity (Wildman–Crippen MR) is 75.1 cm³/mol. The summed E-state index contributed by atoms with van der Waals surface area (Å²) in [7, 11) is 0. The van der Waals surface area contributed by atoms with E-state index in [-0.39, 0.29) is 17.9 Å². The number of likely N-dealkylation sites (tertiary alicyclic amines) is 1. The highest BCUT2D eigenvalue weighted by molar-refractivity contribution is 7.13. The van der Waals surface area contributed by atoms with Crippen LogP contribution in [0.5, 0.6) is 0 Å². The zero-order valence-corrected chi connectivity index (χ0v) is 12.1. The molecule has 1 saturated heterocycles. The van der Waals surface area contributed by atoms with E-state index < -0.39 is 0 Å². The van der Waals surface area contributed by atoms with Gasteiger partial charge in [0.15, 0.2) is 5.13 Å². The van der Waals surface area contributed by atoms with Crippen molar-refractivity contribution in [3.05, 3.63) is 11.1 Å². The van der Waals surface area contributed by atoms with Gasteiger partial charge in [0.2, 0.25) is 11.8 Å². The zero-order chi connectivity index (χ0) is 13.8. The lowest BCUT2D eigenvalue weighted by Gasteiger charge is -2.23. The smallest absolute Gasteiger partial charge is 0.248 e. The molecule has 0 aromatic carbocycles.